The maximum atomic E-state index is 12.8. The van der Waals surface area contributed by atoms with Crippen molar-refractivity contribution in [2.45, 2.75) is 43.7 Å². The van der Waals surface area contributed by atoms with Gasteiger partial charge < -0.3 is 9.88 Å². The molecule has 1 aliphatic carbocycles. The van der Waals surface area contributed by atoms with Gasteiger partial charge in [0.25, 0.3) is 5.91 Å². The van der Waals surface area contributed by atoms with E-state index in [1.165, 1.54) is 0 Å². The average molecular weight is 353 g/mol. The van der Waals surface area contributed by atoms with Crippen LogP contribution >= 0.6 is 0 Å². The van der Waals surface area contributed by atoms with E-state index in [0.717, 1.165) is 31.2 Å². The number of alkyl halides is 3. The van der Waals surface area contributed by atoms with Gasteiger partial charge in [-0.1, -0.05) is 0 Å². The molecule has 1 aliphatic heterocycles. The van der Waals surface area contributed by atoms with Crippen molar-refractivity contribution in [3.8, 4) is 0 Å². The van der Waals surface area contributed by atoms with Gasteiger partial charge in [-0.3, -0.25) is 9.89 Å². The third-order valence-electron chi connectivity index (χ3n) is 4.88. The van der Waals surface area contributed by atoms with Gasteiger partial charge in [0.2, 0.25) is 0 Å². The van der Waals surface area contributed by atoms with Crippen LogP contribution in [0, 0.1) is 0 Å². The summed E-state index contributed by atoms with van der Waals surface area (Å²) < 4.78 is 38.2. The van der Waals surface area contributed by atoms with Gasteiger partial charge in [0.15, 0.2) is 0 Å². The molecule has 0 unspecified atom stereocenters. The quantitative estimate of drug-likeness (QED) is 0.890. The number of H-pyrrole nitrogens is 2. The Morgan fingerprint density at radius 3 is 2.68 bits per heavy atom. The molecular weight excluding hydrogens is 335 g/mol. The molecule has 0 bridgehead atoms. The molecule has 1 atom stereocenters. The van der Waals surface area contributed by atoms with Gasteiger partial charge in [0, 0.05) is 24.9 Å². The lowest BCUT2D eigenvalue weighted by Crippen LogP contribution is -2.39. The highest BCUT2D eigenvalue weighted by Crippen LogP contribution is 2.41. The summed E-state index contributed by atoms with van der Waals surface area (Å²) >= 11 is 0. The summed E-state index contributed by atoms with van der Waals surface area (Å²) in [6.07, 6.45) is 1.47. The zero-order valence-electron chi connectivity index (χ0n) is 13.4. The van der Waals surface area contributed by atoms with Crippen LogP contribution in [0.1, 0.15) is 65.1 Å². The molecule has 0 spiro atoms. The number of nitrogens with one attached hydrogen (secondary N) is 2. The van der Waals surface area contributed by atoms with E-state index in [4.69, 9.17) is 0 Å². The molecule has 6 nitrogen and oxygen atoms in total. The first-order chi connectivity index (χ1) is 11.9. The van der Waals surface area contributed by atoms with Crippen LogP contribution in [0.15, 0.2) is 12.4 Å². The van der Waals surface area contributed by atoms with Crippen molar-refractivity contribution in [1.82, 2.24) is 25.1 Å². The molecule has 25 heavy (non-hydrogen) atoms. The lowest BCUT2D eigenvalue weighted by atomic mass is 9.96. The third-order valence-corrected chi connectivity index (χ3v) is 4.88. The Balaban J connectivity index is 1.50. The maximum absolute atomic E-state index is 12.8. The number of likely N-dealkylation sites (tertiary alicyclic amines) is 1. The number of rotatable bonds is 3. The van der Waals surface area contributed by atoms with Crippen molar-refractivity contribution >= 4 is 5.91 Å². The van der Waals surface area contributed by atoms with Gasteiger partial charge in [-0.25, -0.2) is 4.98 Å². The Bertz CT molecular complexity index is 777. The number of hydrogen-bond donors (Lipinski definition) is 2. The summed E-state index contributed by atoms with van der Waals surface area (Å²) in [4.78, 5) is 20.8. The van der Waals surface area contributed by atoms with Crippen molar-refractivity contribution in [3.05, 3.63) is 35.2 Å². The molecule has 1 saturated heterocycles. The van der Waals surface area contributed by atoms with E-state index >= 15 is 0 Å². The number of piperidine rings is 1. The summed E-state index contributed by atoms with van der Waals surface area (Å²) in [5, 5.41) is 6.90. The van der Waals surface area contributed by atoms with E-state index in [2.05, 4.69) is 20.2 Å². The van der Waals surface area contributed by atoms with Gasteiger partial charge in [0.1, 0.15) is 11.5 Å². The number of imidazole rings is 1. The second-order valence-electron chi connectivity index (χ2n) is 6.74. The summed E-state index contributed by atoms with van der Waals surface area (Å²) in [7, 11) is 0. The number of hydrogen-bond acceptors (Lipinski definition) is 3. The van der Waals surface area contributed by atoms with E-state index < -0.39 is 11.9 Å². The van der Waals surface area contributed by atoms with E-state index in [-0.39, 0.29) is 11.8 Å². The van der Waals surface area contributed by atoms with Gasteiger partial charge in [0.05, 0.1) is 23.7 Å². The fraction of sp³-hybridized carbons (Fsp3) is 0.562. The molecule has 4 rings (SSSR count). The minimum absolute atomic E-state index is 0.108. The second kappa shape index (κ2) is 5.89. The normalized spacial score (nSPS) is 21.6. The van der Waals surface area contributed by atoms with Gasteiger partial charge in [-0.15, -0.1) is 0 Å². The molecule has 0 radical (unpaired) electrons. The van der Waals surface area contributed by atoms with Crippen LogP contribution in [0.4, 0.5) is 13.2 Å². The molecule has 3 heterocycles. The summed E-state index contributed by atoms with van der Waals surface area (Å²) in [6, 6.07) is 0. The zero-order chi connectivity index (χ0) is 17.6. The predicted molar refractivity (Wildman–Crippen MR) is 82.0 cm³/mol. The Kier molecular flexibility index (Phi) is 3.81. The van der Waals surface area contributed by atoms with Gasteiger partial charge in [-0.2, -0.15) is 18.3 Å². The first kappa shape index (κ1) is 16.2. The molecule has 2 N–H and O–H groups in total. The molecule has 1 amide bonds. The van der Waals surface area contributed by atoms with Crippen molar-refractivity contribution < 1.29 is 18.0 Å². The summed E-state index contributed by atoms with van der Waals surface area (Å²) in [6.45, 7) is 0.955. The smallest absolute Gasteiger partial charge is 0.338 e. The monoisotopic (exact) mass is 353 g/mol. The average Bonchev–Trinajstić information content (AvgIpc) is 3.12. The van der Waals surface area contributed by atoms with Crippen molar-refractivity contribution in [1.29, 1.82) is 0 Å². The number of nitrogens with zero attached hydrogens (tertiary/aromatic N) is 3. The Morgan fingerprint density at radius 2 is 2.00 bits per heavy atom. The number of carbonyl (C=O) groups is 1. The fourth-order valence-electron chi connectivity index (χ4n) is 3.39. The number of aromatic nitrogens is 4. The Hall–Kier alpha value is -2.32. The molecule has 2 aliphatic rings. The molecule has 1 saturated carbocycles. The highest BCUT2D eigenvalue weighted by molar-refractivity contribution is 5.95. The largest absolute Gasteiger partial charge is 0.432 e. The molecule has 0 aromatic carbocycles. The van der Waals surface area contributed by atoms with E-state index in [1.54, 1.807) is 11.1 Å². The van der Waals surface area contributed by atoms with Crippen LogP contribution in [0.3, 0.4) is 0 Å². The topological polar surface area (TPSA) is 77.7 Å². The number of carbonyl (C=O) groups excluding carboxylic acids is 1. The fourth-order valence-corrected chi connectivity index (χ4v) is 3.39. The number of aromatic amines is 2. The maximum Gasteiger partial charge on any atom is 0.432 e. The molecule has 9 heteroatoms. The highest BCUT2D eigenvalue weighted by atomic mass is 19.4. The second-order valence-corrected chi connectivity index (χ2v) is 6.74. The molecular formula is C16H18F3N5O. The Morgan fingerprint density at radius 1 is 1.20 bits per heavy atom. The first-order valence-corrected chi connectivity index (χ1v) is 8.38. The van der Waals surface area contributed by atoms with Crippen LogP contribution in [0.25, 0.3) is 0 Å². The standard InChI is InChI=1S/C16H18F3N5O/c17-16(18,19)12-7-20-14(22-12)10-2-1-5-24(8-10)15(25)11-6-21-23-13(11)9-3-4-9/h6-7,9-10H,1-5,8H2,(H,20,22)(H,21,23)/t10-/m1/s1. The van der Waals surface area contributed by atoms with Crippen molar-refractivity contribution in [2.75, 3.05) is 13.1 Å². The first-order valence-electron chi connectivity index (χ1n) is 8.38. The molecule has 2 aromatic heterocycles. The number of amides is 1. The predicted octanol–water partition coefficient (Wildman–Crippen LogP) is 3.05. The Labute approximate surface area is 141 Å². The van der Waals surface area contributed by atoms with Crippen molar-refractivity contribution in [2.24, 2.45) is 0 Å². The van der Waals surface area contributed by atoms with Crippen LogP contribution in [-0.4, -0.2) is 44.1 Å². The lowest BCUT2D eigenvalue weighted by molar-refractivity contribution is -0.141. The molecule has 2 fully saturated rings. The van der Waals surface area contributed by atoms with Gasteiger partial charge >= 0.3 is 6.18 Å². The third kappa shape index (κ3) is 3.14. The minimum atomic E-state index is -4.44. The molecule has 134 valence electrons. The van der Waals surface area contributed by atoms with Crippen LogP contribution in [0.2, 0.25) is 0 Å². The van der Waals surface area contributed by atoms with Crippen LogP contribution in [0.5, 0.6) is 0 Å². The van der Waals surface area contributed by atoms with Crippen LogP contribution in [-0.2, 0) is 6.18 Å². The van der Waals surface area contributed by atoms with Crippen molar-refractivity contribution in [3.63, 3.8) is 0 Å². The van der Waals surface area contributed by atoms with E-state index in [0.29, 0.717) is 36.8 Å². The van der Waals surface area contributed by atoms with Gasteiger partial charge in [-0.05, 0) is 25.7 Å². The number of halogens is 3. The minimum Gasteiger partial charge on any atom is -0.338 e. The summed E-state index contributed by atoms with van der Waals surface area (Å²) in [5.41, 5.74) is 0.611. The highest BCUT2D eigenvalue weighted by Gasteiger charge is 2.36. The SMILES string of the molecule is O=C(c1cn[nH]c1C1CC1)N1CCC[C@@H](c2ncc(C(F)(F)F)[nH]2)C1. The van der Waals surface area contributed by atoms with Crippen LogP contribution < -0.4 is 0 Å². The lowest BCUT2D eigenvalue weighted by Gasteiger charge is -2.32. The van der Waals surface area contributed by atoms with E-state index in [9.17, 15) is 18.0 Å². The summed E-state index contributed by atoms with van der Waals surface area (Å²) in [5.74, 6) is 0.342. The molecule has 2 aromatic rings. The van der Waals surface area contributed by atoms with E-state index in [1.807, 2.05) is 0 Å². The zero-order valence-corrected chi connectivity index (χ0v) is 13.4.